The van der Waals surface area contributed by atoms with Gasteiger partial charge in [0.05, 0.1) is 40.3 Å². The second-order valence-electron chi connectivity index (χ2n) is 16.3. The minimum Gasteiger partial charge on any atom is -0.544 e. The summed E-state index contributed by atoms with van der Waals surface area (Å²) < 4.78 is 17.2. The lowest BCUT2D eigenvalue weighted by Gasteiger charge is -2.34. The monoisotopic (exact) mass is 764 g/mol. The first-order valence-electron chi connectivity index (χ1n) is 22.4. The van der Waals surface area contributed by atoms with Crippen molar-refractivity contribution in [2.75, 3.05) is 41.0 Å². The van der Waals surface area contributed by atoms with Gasteiger partial charge in [-0.3, -0.25) is 9.59 Å². The van der Waals surface area contributed by atoms with E-state index < -0.39 is 18.1 Å². The van der Waals surface area contributed by atoms with Crippen LogP contribution >= 0.6 is 0 Å². The standard InChI is InChI=1S/C46H85NO7/c1-6-8-10-12-14-16-18-20-21-22-23-24-25-27-29-31-33-35-37-45(49)54-42(40-52-39-38-43(46(50)51)47(3,4)5)41-53-44(48)36-34-32-30-28-26-19-17-15-13-11-9-7-2/h16,18,21-22,42-43H,6-15,17,19-20,23-41H2,1-5H3/b18-16-,22-21-. The van der Waals surface area contributed by atoms with Crippen molar-refractivity contribution in [2.45, 2.75) is 212 Å². The minimum atomic E-state index is -1.12. The molecule has 0 amide bonds. The molecule has 0 saturated heterocycles. The first kappa shape index (κ1) is 51.8. The zero-order valence-corrected chi connectivity index (χ0v) is 35.9. The number of rotatable bonds is 40. The van der Waals surface area contributed by atoms with Crippen LogP contribution in [0.1, 0.15) is 200 Å². The van der Waals surface area contributed by atoms with Crippen molar-refractivity contribution in [3.8, 4) is 0 Å². The van der Waals surface area contributed by atoms with Crippen LogP contribution in [0.3, 0.4) is 0 Å². The van der Waals surface area contributed by atoms with Gasteiger partial charge in [0, 0.05) is 19.3 Å². The van der Waals surface area contributed by atoms with Crippen molar-refractivity contribution in [1.29, 1.82) is 0 Å². The highest BCUT2D eigenvalue weighted by Gasteiger charge is 2.25. The molecule has 0 fully saturated rings. The summed E-state index contributed by atoms with van der Waals surface area (Å²) in [4.78, 5) is 36.8. The third-order valence-electron chi connectivity index (χ3n) is 10.1. The highest BCUT2D eigenvalue weighted by molar-refractivity contribution is 5.70. The number of ether oxygens (including phenoxy) is 3. The van der Waals surface area contributed by atoms with Crippen molar-refractivity contribution in [2.24, 2.45) is 0 Å². The Bertz CT molecular complexity index is 942. The van der Waals surface area contributed by atoms with Crippen LogP contribution in [0.15, 0.2) is 24.3 Å². The molecule has 8 heteroatoms. The first-order valence-corrected chi connectivity index (χ1v) is 22.4. The molecule has 0 bridgehead atoms. The Balaban J connectivity index is 4.32. The molecule has 0 radical (unpaired) electrons. The number of carboxylic acid groups (broad SMARTS) is 1. The Morgan fingerprint density at radius 1 is 0.556 bits per heavy atom. The zero-order valence-electron chi connectivity index (χ0n) is 35.9. The molecule has 0 aliphatic rings. The smallest absolute Gasteiger partial charge is 0.306 e. The maximum absolute atomic E-state index is 12.7. The van der Waals surface area contributed by atoms with Crippen LogP contribution in [-0.4, -0.2) is 75.5 Å². The lowest BCUT2D eigenvalue weighted by Crippen LogP contribution is -2.55. The second-order valence-corrected chi connectivity index (χ2v) is 16.3. The van der Waals surface area contributed by atoms with E-state index in [9.17, 15) is 19.5 Å². The van der Waals surface area contributed by atoms with Crippen LogP contribution in [0, 0.1) is 0 Å². The van der Waals surface area contributed by atoms with Gasteiger partial charge in [-0.15, -0.1) is 0 Å². The van der Waals surface area contributed by atoms with Gasteiger partial charge in [0.15, 0.2) is 6.10 Å². The number of likely N-dealkylation sites (N-methyl/N-ethyl adjacent to an activating group) is 1. The number of quaternary nitrogens is 1. The van der Waals surface area contributed by atoms with E-state index in [1.165, 1.54) is 116 Å². The van der Waals surface area contributed by atoms with E-state index in [0.29, 0.717) is 12.8 Å². The summed E-state index contributed by atoms with van der Waals surface area (Å²) in [7, 11) is 5.41. The van der Waals surface area contributed by atoms with E-state index in [1.54, 1.807) is 21.1 Å². The van der Waals surface area contributed by atoms with Crippen LogP contribution in [0.2, 0.25) is 0 Å². The number of nitrogens with zero attached hydrogens (tertiary/aromatic N) is 1. The van der Waals surface area contributed by atoms with Crippen molar-refractivity contribution >= 4 is 17.9 Å². The second kappa shape index (κ2) is 37.7. The number of carboxylic acids is 1. The maximum Gasteiger partial charge on any atom is 0.306 e. The van der Waals surface area contributed by atoms with Gasteiger partial charge >= 0.3 is 11.9 Å². The van der Waals surface area contributed by atoms with E-state index in [-0.39, 0.29) is 42.7 Å². The van der Waals surface area contributed by atoms with Gasteiger partial charge in [0.25, 0.3) is 0 Å². The average Bonchev–Trinajstić information content (AvgIpc) is 3.12. The Kier molecular flexibility index (Phi) is 36.2. The molecule has 0 aromatic heterocycles. The summed E-state index contributed by atoms with van der Waals surface area (Å²) >= 11 is 0. The van der Waals surface area contributed by atoms with E-state index in [0.717, 1.165) is 51.4 Å². The van der Waals surface area contributed by atoms with E-state index in [4.69, 9.17) is 14.2 Å². The largest absolute Gasteiger partial charge is 0.544 e. The van der Waals surface area contributed by atoms with Crippen molar-refractivity contribution in [3.63, 3.8) is 0 Å². The van der Waals surface area contributed by atoms with Crippen LogP contribution in [0.4, 0.5) is 0 Å². The highest BCUT2D eigenvalue weighted by atomic mass is 16.6. The fourth-order valence-electron chi connectivity index (χ4n) is 6.57. The Hall–Kier alpha value is -2.19. The predicted molar refractivity (Wildman–Crippen MR) is 222 cm³/mol. The molecule has 0 saturated carbocycles. The van der Waals surface area contributed by atoms with E-state index in [2.05, 4.69) is 38.2 Å². The molecule has 2 unspecified atom stereocenters. The molecule has 8 nitrogen and oxygen atoms in total. The molecule has 0 spiro atoms. The van der Waals surface area contributed by atoms with E-state index in [1.807, 2.05) is 0 Å². The number of allylic oxidation sites excluding steroid dienone is 4. The summed E-state index contributed by atoms with van der Waals surface area (Å²) in [6.45, 7) is 4.65. The van der Waals surface area contributed by atoms with Gasteiger partial charge in [0.2, 0.25) is 0 Å². The Morgan fingerprint density at radius 2 is 0.981 bits per heavy atom. The molecule has 0 aromatic rings. The van der Waals surface area contributed by atoms with Gasteiger partial charge < -0.3 is 28.6 Å². The van der Waals surface area contributed by atoms with Crippen LogP contribution in [-0.2, 0) is 28.6 Å². The molecule has 0 N–H and O–H groups in total. The normalized spacial score (nSPS) is 13.1. The van der Waals surface area contributed by atoms with Crippen molar-refractivity contribution in [1.82, 2.24) is 0 Å². The summed E-state index contributed by atoms with van der Waals surface area (Å²) in [6.07, 6.45) is 40.5. The first-order chi connectivity index (χ1) is 26.1. The Morgan fingerprint density at radius 3 is 1.44 bits per heavy atom. The molecular formula is C46H85NO7. The number of esters is 2. The summed E-state index contributed by atoms with van der Waals surface area (Å²) in [5.41, 5.74) is 0. The summed E-state index contributed by atoms with van der Waals surface area (Å²) in [6, 6.07) is -0.724. The third-order valence-corrected chi connectivity index (χ3v) is 10.1. The summed E-state index contributed by atoms with van der Waals surface area (Å²) in [5, 5.41) is 11.6. The van der Waals surface area contributed by atoms with Gasteiger partial charge in [-0.25, -0.2) is 0 Å². The average molecular weight is 764 g/mol. The SMILES string of the molecule is CCCCCC/C=C\C/C=C\CCCCCCCCCC(=O)OC(COCCC(C(=O)[O-])[N+](C)(C)C)COC(=O)CCCCCCCCCCCCCC. The molecule has 0 aliphatic carbocycles. The molecular weight excluding hydrogens is 679 g/mol. The quantitative estimate of drug-likeness (QED) is 0.0265. The Labute approximate surface area is 332 Å². The molecule has 2 atom stereocenters. The van der Waals surface area contributed by atoms with Crippen LogP contribution in [0.25, 0.3) is 0 Å². The molecule has 0 heterocycles. The molecule has 0 rings (SSSR count). The fraction of sp³-hybridized carbons (Fsp3) is 0.848. The number of carbonyl (C=O) groups is 3. The topological polar surface area (TPSA) is 102 Å². The minimum absolute atomic E-state index is 0.0412. The van der Waals surface area contributed by atoms with Crippen LogP contribution < -0.4 is 5.11 Å². The van der Waals surface area contributed by atoms with Gasteiger partial charge in [-0.05, 0) is 44.9 Å². The fourth-order valence-corrected chi connectivity index (χ4v) is 6.57. The molecule has 54 heavy (non-hydrogen) atoms. The van der Waals surface area contributed by atoms with Crippen LogP contribution in [0.5, 0.6) is 0 Å². The number of aliphatic carboxylic acids is 1. The highest BCUT2D eigenvalue weighted by Crippen LogP contribution is 2.15. The predicted octanol–water partition coefficient (Wildman–Crippen LogP) is 10.7. The lowest BCUT2D eigenvalue weighted by atomic mass is 10.0. The molecule has 0 aliphatic heterocycles. The maximum atomic E-state index is 12.7. The third kappa shape index (κ3) is 35.5. The number of hydrogen-bond donors (Lipinski definition) is 0. The lowest BCUT2D eigenvalue weighted by molar-refractivity contribution is -0.889. The van der Waals surface area contributed by atoms with E-state index >= 15 is 0 Å². The number of unbranched alkanes of at least 4 members (excludes halogenated alkanes) is 22. The summed E-state index contributed by atoms with van der Waals surface area (Å²) in [5.74, 6) is -1.74. The number of carbonyl (C=O) groups excluding carboxylic acids is 3. The zero-order chi connectivity index (χ0) is 40.0. The van der Waals surface area contributed by atoms with Gasteiger partial charge in [-0.2, -0.15) is 0 Å². The number of hydrogen-bond acceptors (Lipinski definition) is 7. The van der Waals surface area contributed by atoms with Gasteiger partial charge in [0.1, 0.15) is 12.6 Å². The molecule has 316 valence electrons. The van der Waals surface area contributed by atoms with Crippen molar-refractivity contribution < 1.29 is 38.2 Å². The van der Waals surface area contributed by atoms with Crippen molar-refractivity contribution in [3.05, 3.63) is 24.3 Å². The molecule has 0 aromatic carbocycles. The van der Waals surface area contributed by atoms with Gasteiger partial charge in [-0.1, -0.05) is 160 Å².